The summed E-state index contributed by atoms with van der Waals surface area (Å²) in [5, 5.41) is 3.41. The number of nitrogens with one attached hydrogen (secondary N) is 1. The van der Waals surface area contributed by atoms with E-state index < -0.39 is 0 Å². The second kappa shape index (κ2) is 13.0. The number of rotatable bonds is 7. The second-order valence-electron chi connectivity index (χ2n) is 8.24. The van der Waals surface area contributed by atoms with Gasteiger partial charge in [-0.15, -0.1) is 24.0 Å². The number of likely N-dealkylation sites (N-methyl/N-ethyl adjacent to an activating group) is 1. The molecule has 3 heterocycles. The van der Waals surface area contributed by atoms with Crippen molar-refractivity contribution in [3.8, 4) is 0 Å². The number of halogens is 1. The molecule has 9 heteroatoms. The third-order valence-corrected chi connectivity index (χ3v) is 6.01. The molecule has 2 aliphatic heterocycles. The Labute approximate surface area is 203 Å². The van der Waals surface area contributed by atoms with Gasteiger partial charge in [-0.05, 0) is 49.9 Å². The van der Waals surface area contributed by atoms with Gasteiger partial charge in [0.05, 0.1) is 6.54 Å². The number of nitrogens with two attached hydrogens (primary N) is 1. The molecule has 1 unspecified atom stereocenters. The van der Waals surface area contributed by atoms with Crippen molar-refractivity contribution >= 4 is 41.7 Å². The van der Waals surface area contributed by atoms with Crippen LogP contribution in [0.1, 0.15) is 38.7 Å². The van der Waals surface area contributed by atoms with Crippen LogP contribution in [0.15, 0.2) is 23.3 Å². The summed E-state index contributed by atoms with van der Waals surface area (Å²) in [5.74, 6) is 2.06. The molecule has 0 spiro atoms. The third kappa shape index (κ3) is 7.78. The van der Waals surface area contributed by atoms with Crippen LogP contribution < -0.4 is 16.0 Å². The molecule has 174 valence electrons. The number of hydrogen-bond donors (Lipinski definition) is 2. The average molecular weight is 543 g/mol. The lowest BCUT2D eigenvalue weighted by molar-refractivity contribution is -0.119. The molecule has 0 saturated carbocycles. The zero-order chi connectivity index (χ0) is 21.3. The van der Waals surface area contributed by atoms with E-state index in [1.807, 2.05) is 12.3 Å². The fourth-order valence-electron chi connectivity index (χ4n) is 4.33. The highest BCUT2D eigenvalue weighted by atomic mass is 127. The molecule has 1 atom stereocenters. The lowest BCUT2D eigenvalue weighted by Gasteiger charge is -2.35. The van der Waals surface area contributed by atoms with E-state index in [2.05, 4.69) is 44.9 Å². The van der Waals surface area contributed by atoms with Crippen LogP contribution >= 0.6 is 24.0 Å². The maximum Gasteiger partial charge on any atom is 0.217 e. The minimum absolute atomic E-state index is 0. The molecule has 2 fully saturated rings. The summed E-state index contributed by atoms with van der Waals surface area (Å²) in [6, 6.07) is 4.21. The number of aliphatic imine (C=N–C) groups is 1. The van der Waals surface area contributed by atoms with Gasteiger partial charge >= 0.3 is 0 Å². The van der Waals surface area contributed by atoms with Crippen LogP contribution in [0.25, 0.3) is 0 Å². The predicted molar refractivity (Wildman–Crippen MR) is 137 cm³/mol. The highest BCUT2D eigenvalue weighted by Gasteiger charge is 2.23. The molecule has 1 amide bonds. The number of carbonyl (C=O) groups is 1. The third-order valence-electron chi connectivity index (χ3n) is 6.01. The summed E-state index contributed by atoms with van der Waals surface area (Å²) < 4.78 is 0. The number of nitrogens with zero attached hydrogens (tertiary/aromatic N) is 5. The van der Waals surface area contributed by atoms with E-state index in [4.69, 9.17) is 10.7 Å². The molecule has 0 aromatic carbocycles. The largest absolute Gasteiger partial charge is 0.370 e. The zero-order valence-corrected chi connectivity index (χ0v) is 21.3. The van der Waals surface area contributed by atoms with E-state index in [1.54, 1.807) is 0 Å². The molecule has 2 aliphatic rings. The Balaban J connectivity index is 0.00000341. The molecule has 1 aromatic rings. The first-order valence-electron chi connectivity index (χ1n) is 11.3. The van der Waals surface area contributed by atoms with Crippen LogP contribution in [0.3, 0.4) is 0 Å². The Bertz CT molecular complexity index is 722. The topological polar surface area (TPSA) is 90.1 Å². The van der Waals surface area contributed by atoms with Gasteiger partial charge in [-0.1, -0.05) is 6.92 Å². The summed E-state index contributed by atoms with van der Waals surface area (Å²) in [6.45, 7) is 12.9. The van der Waals surface area contributed by atoms with E-state index in [1.165, 1.54) is 5.56 Å². The molecule has 2 saturated heterocycles. The molecule has 31 heavy (non-hydrogen) atoms. The molecule has 3 N–H and O–H groups in total. The number of pyridine rings is 1. The lowest BCUT2D eigenvalue weighted by atomic mass is 9.95. The molecular formula is C22H38IN7O. The van der Waals surface area contributed by atoms with Crippen molar-refractivity contribution < 1.29 is 4.79 Å². The quantitative estimate of drug-likeness (QED) is 0.310. The van der Waals surface area contributed by atoms with Crippen LogP contribution in [0, 0.1) is 5.92 Å². The van der Waals surface area contributed by atoms with Crippen molar-refractivity contribution in [2.45, 2.75) is 39.7 Å². The van der Waals surface area contributed by atoms with E-state index >= 15 is 0 Å². The Morgan fingerprint density at radius 3 is 2.71 bits per heavy atom. The fraction of sp³-hybridized carbons (Fsp3) is 0.682. The minimum Gasteiger partial charge on any atom is -0.370 e. The minimum atomic E-state index is -0.215. The summed E-state index contributed by atoms with van der Waals surface area (Å²) in [4.78, 5) is 27.9. The Morgan fingerprint density at radius 1 is 1.26 bits per heavy atom. The summed E-state index contributed by atoms with van der Waals surface area (Å²) in [5.41, 5.74) is 6.58. The zero-order valence-electron chi connectivity index (χ0n) is 18.9. The van der Waals surface area contributed by atoms with Crippen molar-refractivity contribution in [2.75, 3.05) is 57.3 Å². The average Bonchev–Trinajstić information content (AvgIpc) is 2.76. The monoisotopic (exact) mass is 543 g/mol. The van der Waals surface area contributed by atoms with Gasteiger partial charge in [0.1, 0.15) is 5.82 Å². The van der Waals surface area contributed by atoms with Crippen LogP contribution in [0.2, 0.25) is 0 Å². The first kappa shape index (κ1) is 25.6. The predicted octanol–water partition coefficient (Wildman–Crippen LogP) is 1.89. The van der Waals surface area contributed by atoms with E-state index in [9.17, 15) is 4.79 Å². The van der Waals surface area contributed by atoms with Crippen molar-refractivity contribution in [3.63, 3.8) is 0 Å². The number of piperazine rings is 1. The van der Waals surface area contributed by atoms with Gasteiger partial charge in [0.25, 0.3) is 0 Å². The molecule has 3 rings (SSSR count). The maximum atomic E-state index is 11.3. The van der Waals surface area contributed by atoms with Gasteiger partial charge in [0, 0.05) is 58.4 Å². The Kier molecular flexibility index (Phi) is 10.8. The van der Waals surface area contributed by atoms with Gasteiger partial charge in [-0.2, -0.15) is 0 Å². The van der Waals surface area contributed by atoms with Crippen molar-refractivity contribution in [3.05, 3.63) is 23.9 Å². The van der Waals surface area contributed by atoms with Crippen LogP contribution in [-0.4, -0.2) is 79.0 Å². The van der Waals surface area contributed by atoms with Gasteiger partial charge in [-0.25, -0.2) is 9.98 Å². The van der Waals surface area contributed by atoms with Crippen LogP contribution in [0.4, 0.5) is 5.82 Å². The van der Waals surface area contributed by atoms with E-state index in [0.29, 0.717) is 18.9 Å². The van der Waals surface area contributed by atoms with Crippen LogP contribution in [0.5, 0.6) is 0 Å². The number of carbonyl (C=O) groups excluding carboxylic acids is 1. The summed E-state index contributed by atoms with van der Waals surface area (Å²) in [6.07, 6.45) is 4.46. The van der Waals surface area contributed by atoms with E-state index in [0.717, 1.165) is 77.0 Å². The van der Waals surface area contributed by atoms with Gasteiger partial charge in [-0.3, -0.25) is 4.79 Å². The molecule has 0 radical (unpaired) electrons. The molecule has 8 nitrogen and oxygen atoms in total. The first-order chi connectivity index (χ1) is 14.6. The normalized spacial score (nSPS) is 20.3. The molecule has 1 aromatic heterocycles. The molecular weight excluding hydrogens is 505 g/mol. The molecule has 0 bridgehead atoms. The summed E-state index contributed by atoms with van der Waals surface area (Å²) in [7, 11) is 0. The number of anilines is 1. The van der Waals surface area contributed by atoms with Gasteiger partial charge in [0.15, 0.2) is 5.96 Å². The van der Waals surface area contributed by atoms with Gasteiger partial charge in [0.2, 0.25) is 5.91 Å². The Hall–Kier alpha value is -1.62. The van der Waals surface area contributed by atoms with Crippen LogP contribution in [-0.2, 0) is 11.3 Å². The Morgan fingerprint density at radius 2 is 2.03 bits per heavy atom. The number of amides is 1. The highest BCUT2D eigenvalue weighted by Crippen LogP contribution is 2.20. The summed E-state index contributed by atoms with van der Waals surface area (Å²) >= 11 is 0. The SMILES string of the molecule is CCNC(=NCc1ccnc(N2CCN(CC)CC2)c1)N1CCCC(CC(N)=O)C1.I. The fourth-order valence-corrected chi connectivity index (χ4v) is 4.33. The van der Waals surface area contributed by atoms with Crippen molar-refractivity contribution in [2.24, 2.45) is 16.6 Å². The number of primary amides is 1. The van der Waals surface area contributed by atoms with Crippen molar-refractivity contribution in [1.82, 2.24) is 20.1 Å². The first-order valence-corrected chi connectivity index (χ1v) is 11.3. The number of guanidine groups is 1. The number of piperidine rings is 1. The standard InChI is InChI=1S/C22H37N7O.HI/c1-3-24-22(29-9-5-6-19(17-29)14-20(23)30)26-16-18-7-8-25-21(15-18)28-12-10-27(4-2)11-13-28;/h7-8,15,19H,3-6,9-14,16-17H2,1-2H3,(H2,23,30)(H,24,26);1H. The highest BCUT2D eigenvalue weighted by molar-refractivity contribution is 14.0. The number of hydrogen-bond acceptors (Lipinski definition) is 5. The lowest BCUT2D eigenvalue weighted by Crippen LogP contribution is -2.47. The van der Waals surface area contributed by atoms with Gasteiger partial charge < -0.3 is 25.8 Å². The smallest absolute Gasteiger partial charge is 0.217 e. The number of likely N-dealkylation sites (tertiary alicyclic amines) is 1. The maximum absolute atomic E-state index is 11.3. The molecule has 0 aliphatic carbocycles. The number of aromatic nitrogens is 1. The van der Waals surface area contributed by atoms with E-state index in [-0.39, 0.29) is 29.9 Å². The van der Waals surface area contributed by atoms with Crippen molar-refractivity contribution in [1.29, 1.82) is 0 Å². The second-order valence-corrected chi connectivity index (χ2v) is 8.24.